The van der Waals surface area contributed by atoms with Crippen LogP contribution in [0.1, 0.15) is 106 Å². The first kappa shape index (κ1) is 33.2. The molecule has 3 fully saturated rings. The normalized spacial score (nSPS) is 21.2. The largest absolute Gasteiger partial charge is 0.310 e. The van der Waals surface area contributed by atoms with Crippen molar-refractivity contribution in [3.05, 3.63) is 162 Å². The highest BCUT2D eigenvalue weighted by molar-refractivity contribution is 6.02. The van der Waals surface area contributed by atoms with Gasteiger partial charge in [0.15, 0.2) is 0 Å². The fourth-order valence-corrected chi connectivity index (χ4v) is 11.8. The van der Waals surface area contributed by atoms with Gasteiger partial charge in [-0.05, 0) is 153 Å². The fraction of sp³-hybridized carbons (Fsp3) is 0.296. The van der Waals surface area contributed by atoms with E-state index in [1.807, 2.05) is 0 Å². The summed E-state index contributed by atoms with van der Waals surface area (Å²) in [6.07, 6.45) is 12.3. The second-order valence-corrected chi connectivity index (χ2v) is 17.9. The van der Waals surface area contributed by atoms with E-state index in [2.05, 4.69) is 158 Å². The molecule has 4 aliphatic rings. The molecule has 0 amide bonds. The van der Waals surface area contributed by atoms with Crippen LogP contribution in [0.15, 0.2) is 140 Å². The average molecular weight is 714 g/mol. The smallest absolute Gasteiger partial charge is 0.0542 e. The molecule has 0 spiro atoms. The van der Waals surface area contributed by atoms with Crippen molar-refractivity contribution in [3.8, 4) is 22.3 Å². The maximum absolute atomic E-state index is 2.60. The van der Waals surface area contributed by atoms with Crippen LogP contribution in [0.3, 0.4) is 0 Å². The maximum Gasteiger partial charge on any atom is 0.0542 e. The zero-order valence-electron chi connectivity index (χ0n) is 32.4. The van der Waals surface area contributed by atoms with Gasteiger partial charge >= 0.3 is 0 Å². The molecule has 1 heteroatoms. The number of hydrogen-bond donors (Lipinski definition) is 0. The van der Waals surface area contributed by atoms with E-state index in [4.69, 9.17) is 0 Å². The SMILES string of the molecule is CC1(C)c2cc(N(c3ccc(C4CC5CCC4C5)cc3)c3cccc4cccc(C5CCCCC5)c34)ccc2-c2cccc(-c3ccc4ccccc4c3)c21. The van der Waals surface area contributed by atoms with Gasteiger partial charge in [-0.1, -0.05) is 143 Å². The lowest BCUT2D eigenvalue weighted by atomic mass is 9.78. The molecule has 0 aromatic heterocycles. The predicted octanol–water partition coefficient (Wildman–Crippen LogP) is 15.4. The van der Waals surface area contributed by atoms with Gasteiger partial charge in [-0.15, -0.1) is 0 Å². The van der Waals surface area contributed by atoms with Crippen LogP contribution in [0, 0.1) is 11.8 Å². The minimum Gasteiger partial charge on any atom is -0.310 e. The molecule has 2 bridgehead atoms. The third-order valence-corrected chi connectivity index (χ3v) is 14.5. The first-order chi connectivity index (χ1) is 27.0. The van der Waals surface area contributed by atoms with Gasteiger partial charge in [-0.3, -0.25) is 0 Å². The average Bonchev–Trinajstić information content (AvgIpc) is 3.94. The summed E-state index contributed by atoms with van der Waals surface area (Å²) in [5.74, 6) is 3.17. The quantitative estimate of drug-likeness (QED) is 0.166. The highest BCUT2D eigenvalue weighted by Crippen LogP contribution is 2.56. The molecular formula is C54H51N. The minimum absolute atomic E-state index is 0.174. The molecule has 7 aromatic carbocycles. The first-order valence-electron chi connectivity index (χ1n) is 21.2. The molecule has 7 aromatic rings. The lowest BCUT2D eigenvalue weighted by molar-refractivity contribution is 0.420. The summed E-state index contributed by atoms with van der Waals surface area (Å²) in [4.78, 5) is 2.60. The Morgan fingerprint density at radius 2 is 1.29 bits per heavy atom. The van der Waals surface area contributed by atoms with Crippen molar-refractivity contribution >= 4 is 38.6 Å². The van der Waals surface area contributed by atoms with Gasteiger partial charge in [0.2, 0.25) is 0 Å². The standard InChI is InChI=1S/C54H51N/c1-54(2)50-34-44(29-30-47(50)48-19-10-18-46(53(48)54)42-24-23-36-11-6-7-14-40(36)33-42)55(43-27-25-38(26-28-43)49-32-35-21-22-41(49)31-35)51-20-9-16-39-15-8-17-45(52(39)51)37-12-4-3-5-13-37/h6-11,14-20,23-30,33-35,37,41,49H,3-5,12-13,21-22,31-32H2,1-2H3. The first-order valence-corrected chi connectivity index (χ1v) is 21.2. The summed E-state index contributed by atoms with van der Waals surface area (Å²) < 4.78 is 0. The Morgan fingerprint density at radius 1 is 0.545 bits per heavy atom. The van der Waals surface area contributed by atoms with Crippen LogP contribution in [-0.4, -0.2) is 0 Å². The van der Waals surface area contributed by atoms with Crippen LogP contribution < -0.4 is 4.90 Å². The van der Waals surface area contributed by atoms with E-state index in [0.29, 0.717) is 5.92 Å². The van der Waals surface area contributed by atoms with E-state index in [1.165, 1.54) is 135 Å². The summed E-state index contributed by atoms with van der Waals surface area (Å²) in [5.41, 5.74) is 14.9. The second kappa shape index (κ2) is 13.0. The van der Waals surface area contributed by atoms with Gasteiger partial charge in [0.25, 0.3) is 0 Å². The third kappa shape index (κ3) is 5.41. The number of fused-ring (bicyclic) bond motifs is 7. The van der Waals surface area contributed by atoms with Crippen molar-refractivity contribution in [1.29, 1.82) is 0 Å². The van der Waals surface area contributed by atoms with Crippen molar-refractivity contribution < 1.29 is 0 Å². The Balaban J connectivity index is 1.06. The van der Waals surface area contributed by atoms with Crippen LogP contribution in [-0.2, 0) is 5.41 Å². The van der Waals surface area contributed by atoms with E-state index < -0.39 is 0 Å². The number of hydrogen-bond acceptors (Lipinski definition) is 1. The van der Waals surface area contributed by atoms with Gasteiger partial charge in [0.05, 0.1) is 5.69 Å². The molecule has 55 heavy (non-hydrogen) atoms. The van der Waals surface area contributed by atoms with Gasteiger partial charge < -0.3 is 4.90 Å². The van der Waals surface area contributed by atoms with E-state index >= 15 is 0 Å². The fourth-order valence-electron chi connectivity index (χ4n) is 11.8. The summed E-state index contributed by atoms with van der Waals surface area (Å²) in [6, 6.07) is 53.9. The highest BCUT2D eigenvalue weighted by Gasteiger charge is 2.41. The minimum atomic E-state index is -0.174. The lowest BCUT2D eigenvalue weighted by Gasteiger charge is -2.31. The Labute approximate surface area is 327 Å². The predicted molar refractivity (Wildman–Crippen MR) is 233 cm³/mol. The molecule has 11 rings (SSSR count). The molecule has 0 heterocycles. The summed E-state index contributed by atoms with van der Waals surface area (Å²) in [6.45, 7) is 4.89. The van der Waals surface area contributed by atoms with Crippen LogP contribution in [0.2, 0.25) is 0 Å². The molecule has 1 nitrogen and oxygen atoms in total. The van der Waals surface area contributed by atoms with Crippen LogP contribution in [0.4, 0.5) is 17.1 Å². The topological polar surface area (TPSA) is 3.24 Å². The van der Waals surface area contributed by atoms with Gasteiger partial charge in [0, 0.05) is 22.2 Å². The lowest BCUT2D eigenvalue weighted by Crippen LogP contribution is -2.18. The van der Waals surface area contributed by atoms with Gasteiger partial charge in [-0.25, -0.2) is 0 Å². The van der Waals surface area contributed by atoms with Crippen LogP contribution in [0.25, 0.3) is 43.8 Å². The van der Waals surface area contributed by atoms with E-state index in [1.54, 1.807) is 5.56 Å². The van der Waals surface area contributed by atoms with E-state index in [9.17, 15) is 0 Å². The zero-order chi connectivity index (χ0) is 36.7. The molecule has 0 N–H and O–H groups in total. The molecule has 0 radical (unpaired) electrons. The number of anilines is 3. The van der Waals surface area contributed by atoms with Crippen LogP contribution in [0.5, 0.6) is 0 Å². The van der Waals surface area contributed by atoms with Crippen molar-refractivity contribution in [2.75, 3.05) is 4.90 Å². The Morgan fingerprint density at radius 3 is 2.09 bits per heavy atom. The molecule has 0 saturated heterocycles. The number of nitrogens with zero attached hydrogens (tertiary/aromatic N) is 1. The van der Waals surface area contributed by atoms with Crippen LogP contribution >= 0.6 is 0 Å². The Hall–Kier alpha value is -5.14. The monoisotopic (exact) mass is 713 g/mol. The number of benzene rings is 7. The maximum atomic E-state index is 2.60. The van der Waals surface area contributed by atoms with E-state index in [0.717, 1.165) is 17.8 Å². The number of rotatable bonds is 6. The molecule has 3 atom stereocenters. The molecule has 3 unspecified atom stereocenters. The summed E-state index contributed by atoms with van der Waals surface area (Å²) in [5, 5.41) is 5.35. The summed E-state index contributed by atoms with van der Waals surface area (Å²) in [7, 11) is 0. The highest BCUT2D eigenvalue weighted by atomic mass is 15.1. The van der Waals surface area contributed by atoms with Gasteiger partial charge in [0.1, 0.15) is 0 Å². The Kier molecular flexibility index (Phi) is 7.84. The molecule has 272 valence electrons. The van der Waals surface area contributed by atoms with E-state index in [-0.39, 0.29) is 5.41 Å². The van der Waals surface area contributed by atoms with Crippen molar-refractivity contribution in [3.63, 3.8) is 0 Å². The molecule has 0 aliphatic heterocycles. The zero-order valence-corrected chi connectivity index (χ0v) is 32.4. The molecule has 3 saturated carbocycles. The van der Waals surface area contributed by atoms with Crippen molar-refractivity contribution in [1.82, 2.24) is 0 Å². The second-order valence-electron chi connectivity index (χ2n) is 17.9. The summed E-state index contributed by atoms with van der Waals surface area (Å²) >= 11 is 0. The molecule has 4 aliphatic carbocycles. The molecular weight excluding hydrogens is 663 g/mol. The van der Waals surface area contributed by atoms with Crippen molar-refractivity contribution in [2.24, 2.45) is 11.8 Å². The third-order valence-electron chi connectivity index (χ3n) is 14.5. The van der Waals surface area contributed by atoms with Crippen molar-refractivity contribution in [2.45, 2.75) is 88.9 Å². The Bertz CT molecular complexity index is 2580. The van der Waals surface area contributed by atoms with Gasteiger partial charge in [-0.2, -0.15) is 0 Å².